The van der Waals surface area contributed by atoms with Gasteiger partial charge in [-0.15, -0.1) is 0 Å². The molecule has 2 heterocycles. The van der Waals surface area contributed by atoms with Gasteiger partial charge in [0.2, 0.25) is 0 Å². The van der Waals surface area contributed by atoms with Crippen LogP contribution in [0.3, 0.4) is 0 Å². The van der Waals surface area contributed by atoms with Crippen LogP contribution in [0.4, 0.5) is 4.39 Å². The van der Waals surface area contributed by atoms with E-state index in [1.54, 1.807) is 11.1 Å². The second-order valence-corrected chi connectivity index (χ2v) is 6.33. The fraction of sp³-hybridized carbons (Fsp3) is 0.412. The molecular weight excluding hydrogens is 331 g/mol. The molecule has 0 atom stereocenters. The molecule has 7 heteroatoms. The fourth-order valence-corrected chi connectivity index (χ4v) is 3.15. The number of aromatic nitrogens is 2. The zero-order valence-electron chi connectivity index (χ0n) is 13.6. The average molecular weight is 351 g/mol. The first-order chi connectivity index (χ1) is 11.5. The SMILES string of the molecule is Cc1nccn1CCN1CCN(C(=O)c2ccc(F)cc2Cl)CC1. The second kappa shape index (κ2) is 7.32. The second-order valence-electron chi connectivity index (χ2n) is 5.93. The summed E-state index contributed by atoms with van der Waals surface area (Å²) < 4.78 is 15.2. The van der Waals surface area contributed by atoms with Gasteiger partial charge < -0.3 is 9.47 Å². The highest BCUT2D eigenvalue weighted by molar-refractivity contribution is 6.33. The predicted molar refractivity (Wildman–Crippen MR) is 90.7 cm³/mol. The summed E-state index contributed by atoms with van der Waals surface area (Å²) in [4.78, 5) is 20.8. The summed E-state index contributed by atoms with van der Waals surface area (Å²) in [5, 5.41) is 0.165. The van der Waals surface area contributed by atoms with Gasteiger partial charge in [-0.05, 0) is 25.1 Å². The van der Waals surface area contributed by atoms with Crippen molar-refractivity contribution in [3.63, 3.8) is 0 Å². The van der Waals surface area contributed by atoms with Gasteiger partial charge in [-0.1, -0.05) is 11.6 Å². The van der Waals surface area contributed by atoms with Gasteiger partial charge in [0.1, 0.15) is 11.6 Å². The maximum absolute atomic E-state index is 13.1. The maximum atomic E-state index is 13.1. The molecular formula is C17H20ClFN4O. The van der Waals surface area contributed by atoms with Crippen molar-refractivity contribution in [3.05, 3.63) is 52.8 Å². The number of amides is 1. The molecule has 0 unspecified atom stereocenters. The third-order valence-corrected chi connectivity index (χ3v) is 4.71. The molecule has 5 nitrogen and oxygen atoms in total. The smallest absolute Gasteiger partial charge is 0.255 e. The van der Waals surface area contributed by atoms with Crippen molar-refractivity contribution >= 4 is 17.5 Å². The lowest BCUT2D eigenvalue weighted by Gasteiger charge is -2.35. The van der Waals surface area contributed by atoms with Crippen LogP contribution < -0.4 is 0 Å². The molecule has 0 N–H and O–H groups in total. The van der Waals surface area contributed by atoms with Gasteiger partial charge in [-0.3, -0.25) is 9.69 Å². The molecule has 0 bridgehead atoms. The Hall–Kier alpha value is -1.92. The minimum absolute atomic E-state index is 0.134. The van der Waals surface area contributed by atoms with Gasteiger partial charge in [0.25, 0.3) is 5.91 Å². The first-order valence-electron chi connectivity index (χ1n) is 7.99. The predicted octanol–water partition coefficient (Wildman–Crippen LogP) is 2.44. The molecule has 1 aromatic carbocycles. The molecule has 3 rings (SSSR count). The number of aryl methyl sites for hydroxylation is 1. The highest BCUT2D eigenvalue weighted by Gasteiger charge is 2.23. The van der Waals surface area contributed by atoms with Gasteiger partial charge in [0.05, 0.1) is 10.6 Å². The Labute approximate surface area is 145 Å². The summed E-state index contributed by atoms with van der Waals surface area (Å²) in [6.45, 7) is 6.74. The lowest BCUT2D eigenvalue weighted by molar-refractivity contribution is 0.0633. The van der Waals surface area contributed by atoms with Gasteiger partial charge in [0.15, 0.2) is 0 Å². The van der Waals surface area contributed by atoms with Gasteiger partial charge >= 0.3 is 0 Å². The zero-order chi connectivity index (χ0) is 17.1. The molecule has 0 radical (unpaired) electrons. The lowest BCUT2D eigenvalue weighted by atomic mass is 10.1. The molecule has 0 spiro atoms. The summed E-state index contributed by atoms with van der Waals surface area (Å²) in [5.74, 6) is 0.441. The van der Waals surface area contributed by atoms with Crippen LogP contribution in [0, 0.1) is 12.7 Å². The van der Waals surface area contributed by atoms with Gasteiger partial charge in [-0.2, -0.15) is 0 Å². The first kappa shape index (κ1) is 16.9. The van der Waals surface area contributed by atoms with Crippen molar-refractivity contribution in [2.24, 2.45) is 0 Å². The number of halogens is 2. The number of benzene rings is 1. The minimum Gasteiger partial charge on any atom is -0.336 e. The normalized spacial score (nSPS) is 15.7. The Kier molecular flexibility index (Phi) is 5.16. The van der Waals surface area contributed by atoms with E-state index in [0.29, 0.717) is 18.7 Å². The van der Waals surface area contributed by atoms with Crippen LogP contribution in [-0.2, 0) is 6.54 Å². The minimum atomic E-state index is -0.434. The number of hydrogen-bond acceptors (Lipinski definition) is 3. The molecule has 1 fully saturated rings. The molecule has 1 aliphatic rings. The molecule has 0 aliphatic carbocycles. The fourth-order valence-electron chi connectivity index (χ4n) is 2.90. The van der Waals surface area contributed by atoms with Crippen LogP contribution in [0.1, 0.15) is 16.2 Å². The number of hydrogen-bond donors (Lipinski definition) is 0. The van der Waals surface area contributed by atoms with Gasteiger partial charge in [0, 0.05) is 51.7 Å². The monoisotopic (exact) mass is 350 g/mol. The Morgan fingerprint density at radius 2 is 2.00 bits per heavy atom. The number of nitrogens with zero attached hydrogens (tertiary/aromatic N) is 4. The molecule has 1 aromatic heterocycles. The van der Waals surface area contributed by atoms with E-state index in [4.69, 9.17) is 11.6 Å². The molecule has 2 aromatic rings. The molecule has 0 saturated carbocycles. The zero-order valence-corrected chi connectivity index (χ0v) is 14.3. The number of imidazole rings is 1. The van der Waals surface area contributed by atoms with E-state index in [1.165, 1.54) is 18.2 Å². The molecule has 1 amide bonds. The van der Waals surface area contributed by atoms with Crippen LogP contribution in [0.25, 0.3) is 0 Å². The summed E-state index contributed by atoms with van der Waals surface area (Å²) in [6.07, 6.45) is 3.78. The Balaban J connectivity index is 1.53. The van der Waals surface area contributed by atoms with E-state index in [9.17, 15) is 9.18 Å². The van der Waals surface area contributed by atoms with Crippen LogP contribution in [0.2, 0.25) is 5.02 Å². The Bertz CT molecular complexity index is 725. The van der Waals surface area contributed by atoms with Crippen molar-refractivity contribution in [1.82, 2.24) is 19.4 Å². The molecule has 24 heavy (non-hydrogen) atoms. The maximum Gasteiger partial charge on any atom is 0.255 e. The summed E-state index contributed by atoms with van der Waals surface area (Å²) >= 11 is 5.99. The summed E-state index contributed by atoms with van der Waals surface area (Å²) in [5.41, 5.74) is 0.362. The van der Waals surface area contributed by atoms with Crippen LogP contribution >= 0.6 is 11.6 Å². The molecule has 1 aliphatic heterocycles. The number of carbonyl (C=O) groups excluding carboxylic acids is 1. The molecule has 128 valence electrons. The van der Waals surface area contributed by atoms with E-state index < -0.39 is 5.82 Å². The van der Waals surface area contributed by atoms with Crippen molar-refractivity contribution in [2.75, 3.05) is 32.7 Å². The van der Waals surface area contributed by atoms with Crippen LogP contribution in [0.5, 0.6) is 0 Å². The van der Waals surface area contributed by atoms with E-state index in [1.807, 2.05) is 13.1 Å². The Morgan fingerprint density at radius 1 is 1.25 bits per heavy atom. The van der Waals surface area contributed by atoms with E-state index in [0.717, 1.165) is 32.0 Å². The van der Waals surface area contributed by atoms with Crippen molar-refractivity contribution in [2.45, 2.75) is 13.5 Å². The highest BCUT2D eigenvalue weighted by atomic mass is 35.5. The van der Waals surface area contributed by atoms with Crippen LogP contribution in [0.15, 0.2) is 30.6 Å². The van der Waals surface area contributed by atoms with Crippen molar-refractivity contribution < 1.29 is 9.18 Å². The third kappa shape index (κ3) is 3.76. The van der Waals surface area contributed by atoms with E-state index in [2.05, 4.69) is 14.5 Å². The van der Waals surface area contributed by atoms with Crippen LogP contribution in [-0.4, -0.2) is 58.0 Å². The summed E-state index contributed by atoms with van der Waals surface area (Å²) in [6, 6.07) is 3.90. The number of carbonyl (C=O) groups is 1. The summed E-state index contributed by atoms with van der Waals surface area (Å²) in [7, 11) is 0. The number of piperazine rings is 1. The largest absolute Gasteiger partial charge is 0.336 e. The topological polar surface area (TPSA) is 41.4 Å². The van der Waals surface area contributed by atoms with Crippen molar-refractivity contribution in [3.8, 4) is 0 Å². The molecule has 1 saturated heterocycles. The lowest BCUT2D eigenvalue weighted by Crippen LogP contribution is -2.49. The standard InChI is InChI=1S/C17H20ClFN4O/c1-13-20-4-5-22(13)9-6-21-7-10-23(11-8-21)17(24)15-3-2-14(19)12-16(15)18/h2-5,12H,6-11H2,1H3. The highest BCUT2D eigenvalue weighted by Crippen LogP contribution is 2.20. The Morgan fingerprint density at radius 3 is 2.62 bits per heavy atom. The number of rotatable bonds is 4. The van der Waals surface area contributed by atoms with E-state index in [-0.39, 0.29) is 10.9 Å². The quantitative estimate of drug-likeness (QED) is 0.850. The third-order valence-electron chi connectivity index (χ3n) is 4.40. The van der Waals surface area contributed by atoms with Crippen molar-refractivity contribution in [1.29, 1.82) is 0 Å². The average Bonchev–Trinajstić information content (AvgIpc) is 2.98. The van der Waals surface area contributed by atoms with E-state index >= 15 is 0 Å². The first-order valence-corrected chi connectivity index (χ1v) is 8.37. The van der Waals surface area contributed by atoms with Gasteiger partial charge in [-0.25, -0.2) is 9.37 Å².